The van der Waals surface area contributed by atoms with E-state index < -0.39 is 131 Å². The number of ether oxygens (including phenoxy) is 1. The van der Waals surface area contributed by atoms with Gasteiger partial charge in [-0.3, -0.25) is 4.57 Å². The zero-order valence-corrected chi connectivity index (χ0v) is 46.2. The molecule has 82 heavy (non-hydrogen) atoms. The number of fused-ring (bicyclic) bond motifs is 10. The Kier molecular flexibility index (Phi) is 8.60. The van der Waals surface area contributed by atoms with Gasteiger partial charge >= 0.3 is 0 Å². The number of hydrogen-bond acceptors (Lipinski definition) is 2. The minimum absolute atomic E-state index is 0. The molecule has 3 aromatic heterocycles. The molecule has 0 saturated heterocycles. The van der Waals surface area contributed by atoms with Crippen LogP contribution in [-0.4, -0.2) is 14.1 Å². The fourth-order valence-corrected chi connectivity index (χ4v) is 11.0. The minimum Gasteiger partial charge on any atom is -0.510 e. The van der Waals surface area contributed by atoms with Crippen molar-refractivity contribution in [2.24, 2.45) is 0 Å². The molecule has 0 bridgehead atoms. The summed E-state index contributed by atoms with van der Waals surface area (Å²) in [6.07, 6.45) is 5.41. The minimum atomic E-state index is -0.818. The molecule has 0 radical (unpaired) electrons. The van der Waals surface area contributed by atoms with Gasteiger partial charge in [-0.15, -0.1) is 29.7 Å². The van der Waals surface area contributed by atoms with Gasteiger partial charge in [-0.1, -0.05) is 208 Å². The second kappa shape index (κ2) is 20.5. The van der Waals surface area contributed by atoms with Crippen LogP contribution in [0, 0.1) is 18.5 Å². The summed E-state index contributed by atoms with van der Waals surface area (Å²) in [5.74, 6) is 1.20. The maximum absolute atomic E-state index is 10.3. The zero-order valence-electron chi connectivity index (χ0n) is 61.9. The molecule has 0 N–H and O–H groups in total. The van der Waals surface area contributed by atoms with Crippen molar-refractivity contribution in [1.29, 1.82) is 0 Å². The summed E-state index contributed by atoms with van der Waals surface area (Å²) < 4.78 is 177. The largest absolute Gasteiger partial charge is 0.510 e. The van der Waals surface area contributed by atoms with E-state index in [4.69, 9.17) is 22.1 Å². The molecule has 394 valence electrons. The van der Waals surface area contributed by atoms with Crippen LogP contribution >= 0.6 is 0 Å². The van der Waals surface area contributed by atoms with Crippen LogP contribution in [0.15, 0.2) is 261 Å². The van der Waals surface area contributed by atoms with E-state index in [1.807, 2.05) is 102 Å². The number of rotatable bonds is 8. The molecular formula is C76H52N4OPt-2. The molecule has 0 fully saturated rings. The van der Waals surface area contributed by atoms with Gasteiger partial charge in [-0.05, 0) is 142 Å². The number of benzene rings is 11. The molecule has 0 unspecified atom stereocenters. The molecule has 0 spiro atoms. The number of nitrogens with zero attached hydrogens (tertiary/aromatic N) is 4. The van der Waals surface area contributed by atoms with Crippen LogP contribution in [0.2, 0.25) is 0 Å². The van der Waals surface area contributed by atoms with Gasteiger partial charge in [0, 0.05) is 44.3 Å². The maximum Gasteiger partial charge on any atom is 0.268 e. The first-order chi connectivity index (χ1) is 47.3. The van der Waals surface area contributed by atoms with Gasteiger partial charge in [0.05, 0.1) is 41.4 Å². The van der Waals surface area contributed by atoms with E-state index in [-0.39, 0.29) is 65.7 Å². The molecule has 15 rings (SSSR count). The molecule has 11 aromatic carbocycles. The number of imidazole rings is 1. The van der Waals surface area contributed by atoms with E-state index >= 15 is 0 Å². The normalized spacial score (nSPS) is 14.8. The Balaban J connectivity index is 0.00000851. The fourth-order valence-electron chi connectivity index (χ4n) is 11.0. The van der Waals surface area contributed by atoms with E-state index in [2.05, 4.69) is 45.3 Å². The van der Waals surface area contributed by atoms with Crippen LogP contribution in [-0.2, 0) is 26.5 Å². The van der Waals surface area contributed by atoms with E-state index in [1.54, 1.807) is 57.8 Å². The molecule has 0 atom stereocenters. The van der Waals surface area contributed by atoms with Crippen molar-refractivity contribution in [3.05, 3.63) is 285 Å². The molecule has 0 amide bonds. The third-order valence-electron chi connectivity index (χ3n) is 14.7. The Bertz CT molecular complexity index is 5720. The van der Waals surface area contributed by atoms with Crippen LogP contribution in [0.25, 0.3) is 128 Å². The van der Waals surface area contributed by atoms with E-state index in [1.165, 1.54) is 0 Å². The molecule has 14 aromatic rings. The summed E-state index contributed by atoms with van der Waals surface area (Å²) in [5, 5.41) is 1.87. The predicted molar refractivity (Wildman–Crippen MR) is 330 cm³/mol. The number of hydrogen-bond donors (Lipinski definition) is 0. The standard InChI is InChI=1S/C76H52N4O.Pt/c1-76(2,3)57-39-40-77-73(46-57)80-70-36-18-17-33-66(70)67-38-37-60(48-71(67)80)81-59-28-19-27-58(47-59)78-49-79-74-61(52-25-11-6-12-26-52)34-20-35-68(74)64-31-15-13-29-62(64)63-30-14-16-32-65(63)69-44-56(45-72(78)75(69)79)55-42-53(50-21-7-4-8-22-50)41-54(43-55)51-23-9-5-10-24-51;/h4-46H,1-3H3;/q-2;/i4D,5D,6D,7D,8D,9D,10D,11D,12D,21D,22D,23D,24D,25D,26D,41D,42D,43D;. The molecule has 6 heteroatoms. The number of pyridine rings is 1. The maximum atomic E-state index is 10.3. The summed E-state index contributed by atoms with van der Waals surface area (Å²) in [5.41, 5.74) is 4.59. The molecule has 1 aliphatic heterocycles. The average molecular weight is 1250 g/mol. The summed E-state index contributed by atoms with van der Waals surface area (Å²) in [6, 6.07) is 38.8. The van der Waals surface area contributed by atoms with Gasteiger partial charge in [0.2, 0.25) is 0 Å². The molecule has 0 aliphatic carbocycles. The first-order valence-electron chi connectivity index (χ1n) is 35.1. The molecule has 1 aliphatic rings. The second-order valence-corrected chi connectivity index (χ2v) is 20.5. The zero-order chi connectivity index (χ0) is 69.8. The summed E-state index contributed by atoms with van der Waals surface area (Å²) in [4.78, 5) is 4.85. The van der Waals surface area contributed by atoms with Crippen molar-refractivity contribution in [1.82, 2.24) is 14.1 Å². The number of para-hydroxylation sites is 2. The van der Waals surface area contributed by atoms with E-state index in [9.17, 15) is 12.3 Å². The Morgan fingerprint density at radius 1 is 0.476 bits per heavy atom. The Morgan fingerprint density at radius 3 is 1.71 bits per heavy atom. The topological polar surface area (TPSA) is 35.9 Å². The van der Waals surface area contributed by atoms with Crippen LogP contribution in [0.3, 0.4) is 0 Å². The first-order valence-corrected chi connectivity index (χ1v) is 26.1. The van der Waals surface area contributed by atoms with Crippen molar-refractivity contribution in [3.63, 3.8) is 0 Å². The fraction of sp³-hybridized carbons (Fsp3) is 0.0526. The van der Waals surface area contributed by atoms with Gasteiger partial charge in [0.15, 0.2) is 0 Å². The van der Waals surface area contributed by atoms with Crippen molar-refractivity contribution >= 4 is 32.8 Å². The van der Waals surface area contributed by atoms with Crippen LogP contribution < -0.4 is 9.30 Å². The molecule has 5 nitrogen and oxygen atoms in total. The van der Waals surface area contributed by atoms with Crippen LogP contribution in [0.5, 0.6) is 11.5 Å². The van der Waals surface area contributed by atoms with Gasteiger partial charge in [-0.2, -0.15) is 18.2 Å². The monoisotopic (exact) mass is 1250 g/mol. The number of aromatic nitrogens is 4. The summed E-state index contributed by atoms with van der Waals surface area (Å²) >= 11 is 0. The Labute approximate surface area is 517 Å². The van der Waals surface area contributed by atoms with Crippen LogP contribution in [0.1, 0.15) is 51.0 Å². The SMILES string of the molecule is [2H]c1c([2H])c([2H])c(-c2cccc3c2-[n+]2[c-]n(-c4[c-]c(Oc5[c-]c6c(cc5)c5ccccc5n6-c5cc(C(C)(C)C)ccn5)ccc4)c4cc(-c5c([2H])c(-c6c([2H])c([2H])c([2H])c([2H])c6[2H])c([2H])c(-c6c([2H])c([2H])c([2H])c([2H])c6[2H])c5[2H])cc(c42)-c2ccccc2-c2ccccc2-3)c([2H])c1[2H].[Pt]. The van der Waals surface area contributed by atoms with Crippen molar-refractivity contribution in [2.45, 2.75) is 26.2 Å². The third kappa shape index (κ3) is 8.77. The smallest absolute Gasteiger partial charge is 0.268 e. The van der Waals surface area contributed by atoms with Gasteiger partial charge in [0.25, 0.3) is 6.33 Å². The Hall–Kier alpha value is -9.67. The third-order valence-corrected chi connectivity index (χ3v) is 14.7. The van der Waals surface area contributed by atoms with Gasteiger partial charge in [-0.25, -0.2) is 4.98 Å². The van der Waals surface area contributed by atoms with Gasteiger partial charge in [0.1, 0.15) is 5.82 Å². The van der Waals surface area contributed by atoms with Crippen LogP contribution in [0.4, 0.5) is 0 Å². The summed E-state index contributed by atoms with van der Waals surface area (Å²) in [6.45, 7) is 6.42. The van der Waals surface area contributed by atoms with Crippen molar-refractivity contribution in [3.8, 4) is 107 Å². The molecular weight excluding hydrogens is 1180 g/mol. The van der Waals surface area contributed by atoms with E-state index in [0.29, 0.717) is 61.7 Å². The predicted octanol–water partition coefficient (Wildman–Crippen LogP) is 18.9. The summed E-state index contributed by atoms with van der Waals surface area (Å²) in [7, 11) is 0. The quantitative estimate of drug-likeness (QED) is 0.112. The molecule has 0 saturated carbocycles. The Morgan fingerprint density at radius 2 is 1.04 bits per heavy atom. The second-order valence-electron chi connectivity index (χ2n) is 20.5. The van der Waals surface area contributed by atoms with Crippen molar-refractivity contribution in [2.75, 3.05) is 0 Å². The van der Waals surface area contributed by atoms with Gasteiger partial charge < -0.3 is 13.9 Å². The van der Waals surface area contributed by atoms with Crippen molar-refractivity contribution < 1.29 is 55.0 Å². The average Bonchev–Trinajstić information content (AvgIpc) is 1.53. The first kappa shape index (κ1) is 34.5. The van der Waals surface area contributed by atoms with E-state index in [0.717, 1.165) is 21.9 Å². The molecule has 4 heterocycles.